The number of amides is 1. The topological polar surface area (TPSA) is 49.3 Å². The molecule has 1 aliphatic heterocycles. The highest BCUT2D eigenvalue weighted by atomic mass is 19.1. The van der Waals surface area contributed by atoms with Gasteiger partial charge in [-0.15, -0.1) is 0 Å². The summed E-state index contributed by atoms with van der Waals surface area (Å²) >= 11 is 0. The van der Waals surface area contributed by atoms with Crippen molar-refractivity contribution >= 4 is 11.7 Å². The lowest BCUT2D eigenvalue weighted by atomic mass is 10.2. The average molecular weight is 300 g/mol. The fraction of sp³-hybridized carbons (Fsp3) is 0.312. The molecule has 6 heteroatoms. The highest BCUT2D eigenvalue weighted by Crippen LogP contribution is 2.15. The van der Waals surface area contributed by atoms with Crippen molar-refractivity contribution in [3.8, 4) is 0 Å². The third kappa shape index (κ3) is 3.21. The largest absolute Gasteiger partial charge is 0.345 e. The summed E-state index contributed by atoms with van der Waals surface area (Å²) < 4.78 is 12.9. The standard InChI is InChI=1S/C16H17FN4O/c1-12-18-7-6-15(19-12)20-8-9-21(16(22)11-20)10-13-2-4-14(17)5-3-13/h2-7H,8-11H2,1H3. The van der Waals surface area contributed by atoms with Gasteiger partial charge >= 0.3 is 0 Å². The second kappa shape index (κ2) is 6.09. The van der Waals surface area contributed by atoms with E-state index in [2.05, 4.69) is 9.97 Å². The van der Waals surface area contributed by atoms with E-state index in [-0.39, 0.29) is 11.7 Å². The van der Waals surface area contributed by atoms with E-state index in [0.717, 1.165) is 17.9 Å². The van der Waals surface area contributed by atoms with Crippen LogP contribution in [0, 0.1) is 12.7 Å². The van der Waals surface area contributed by atoms with Crippen LogP contribution in [0.1, 0.15) is 11.4 Å². The van der Waals surface area contributed by atoms with E-state index in [1.165, 1.54) is 12.1 Å². The summed E-state index contributed by atoms with van der Waals surface area (Å²) in [7, 11) is 0. The van der Waals surface area contributed by atoms with Gasteiger partial charge in [0, 0.05) is 25.8 Å². The van der Waals surface area contributed by atoms with Gasteiger partial charge < -0.3 is 9.80 Å². The maximum Gasteiger partial charge on any atom is 0.242 e. The highest BCUT2D eigenvalue weighted by Gasteiger charge is 2.24. The second-order valence-corrected chi connectivity index (χ2v) is 5.33. The number of piperazine rings is 1. The molecule has 0 aliphatic carbocycles. The summed E-state index contributed by atoms with van der Waals surface area (Å²) in [6.07, 6.45) is 1.70. The molecule has 0 N–H and O–H groups in total. The number of anilines is 1. The van der Waals surface area contributed by atoms with Crippen LogP contribution in [0.5, 0.6) is 0 Å². The van der Waals surface area contributed by atoms with Crippen molar-refractivity contribution in [1.82, 2.24) is 14.9 Å². The second-order valence-electron chi connectivity index (χ2n) is 5.33. The molecule has 3 rings (SSSR count). The van der Waals surface area contributed by atoms with Gasteiger partial charge in [-0.3, -0.25) is 4.79 Å². The van der Waals surface area contributed by atoms with Crippen LogP contribution in [0.2, 0.25) is 0 Å². The van der Waals surface area contributed by atoms with E-state index in [1.54, 1.807) is 23.2 Å². The number of hydrogen-bond donors (Lipinski definition) is 0. The predicted octanol–water partition coefficient (Wildman–Crippen LogP) is 1.77. The SMILES string of the molecule is Cc1nccc(N2CCN(Cc3ccc(F)cc3)C(=O)C2)n1. The minimum Gasteiger partial charge on any atom is -0.345 e. The van der Waals surface area contributed by atoms with Crippen molar-refractivity contribution in [3.63, 3.8) is 0 Å². The molecule has 1 saturated heterocycles. The van der Waals surface area contributed by atoms with Crippen LogP contribution in [0.25, 0.3) is 0 Å². The first-order valence-electron chi connectivity index (χ1n) is 7.18. The molecule has 1 amide bonds. The maximum atomic E-state index is 12.9. The van der Waals surface area contributed by atoms with Crippen LogP contribution in [0.15, 0.2) is 36.5 Å². The van der Waals surface area contributed by atoms with Gasteiger partial charge in [-0.2, -0.15) is 0 Å². The number of nitrogens with zero attached hydrogens (tertiary/aromatic N) is 4. The number of halogens is 1. The van der Waals surface area contributed by atoms with Crippen LogP contribution < -0.4 is 4.90 Å². The Labute approximate surface area is 128 Å². The van der Waals surface area contributed by atoms with Crippen molar-refractivity contribution in [3.05, 3.63) is 53.7 Å². The molecule has 2 heterocycles. The van der Waals surface area contributed by atoms with Crippen molar-refractivity contribution in [2.75, 3.05) is 24.5 Å². The first kappa shape index (κ1) is 14.4. The number of rotatable bonds is 3. The molecule has 0 radical (unpaired) electrons. The van der Waals surface area contributed by atoms with E-state index in [4.69, 9.17) is 0 Å². The fourth-order valence-corrected chi connectivity index (χ4v) is 2.50. The molecule has 1 aromatic carbocycles. The summed E-state index contributed by atoms with van der Waals surface area (Å²) in [5.41, 5.74) is 0.932. The first-order chi connectivity index (χ1) is 10.6. The minimum atomic E-state index is -0.265. The lowest BCUT2D eigenvalue weighted by molar-refractivity contribution is -0.131. The number of carbonyl (C=O) groups is 1. The Morgan fingerprint density at radius 1 is 1.18 bits per heavy atom. The molecule has 1 fully saturated rings. The molecule has 0 unspecified atom stereocenters. The van der Waals surface area contributed by atoms with Crippen molar-refractivity contribution in [2.45, 2.75) is 13.5 Å². The molecule has 1 aromatic heterocycles. The molecule has 1 aliphatic rings. The Morgan fingerprint density at radius 3 is 2.64 bits per heavy atom. The lowest BCUT2D eigenvalue weighted by Gasteiger charge is -2.35. The Bertz CT molecular complexity index is 674. The summed E-state index contributed by atoms with van der Waals surface area (Å²) in [5, 5.41) is 0. The Morgan fingerprint density at radius 2 is 1.95 bits per heavy atom. The molecule has 114 valence electrons. The molecule has 0 spiro atoms. The molecule has 0 atom stereocenters. The quantitative estimate of drug-likeness (QED) is 0.867. The van der Waals surface area contributed by atoms with Gasteiger partial charge in [0.25, 0.3) is 0 Å². The smallest absolute Gasteiger partial charge is 0.242 e. The number of aryl methyl sites for hydroxylation is 1. The third-order valence-electron chi connectivity index (χ3n) is 3.69. The van der Waals surface area contributed by atoms with Crippen molar-refractivity contribution in [2.24, 2.45) is 0 Å². The zero-order chi connectivity index (χ0) is 15.5. The maximum absolute atomic E-state index is 12.9. The minimum absolute atomic E-state index is 0.0480. The van der Waals surface area contributed by atoms with Crippen LogP contribution in [-0.2, 0) is 11.3 Å². The summed E-state index contributed by atoms with van der Waals surface area (Å²) in [6, 6.07) is 8.07. The lowest BCUT2D eigenvalue weighted by Crippen LogP contribution is -2.50. The van der Waals surface area contributed by atoms with Gasteiger partial charge in [0.2, 0.25) is 5.91 Å². The van der Waals surface area contributed by atoms with E-state index in [1.807, 2.05) is 17.9 Å². The Balaban J connectivity index is 1.65. The molecule has 22 heavy (non-hydrogen) atoms. The van der Waals surface area contributed by atoms with Gasteiger partial charge in [0.1, 0.15) is 17.5 Å². The third-order valence-corrected chi connectivity index (χ3v) is 3.69. The highest BCUT2D eigenvalue weighted by molar-refractivity contribution is 5.82. The van der Waals surface area contributed by atoms with Crippen LogP contribution in [-0.4, -0.2) is 40.4 Å². The Hall–Kier alpha value is -2.50. The summed E-state index contributed by atoms with van der Waals surface area (Å²) in [4.78, 5) is 24.5. The molecule has 0 saturated carbocycles. The summed E-state index contributed by atoms with van der Waals surface area (Å²) in [6.45, 7) is 3.99. The monoisotopic (exact) mass is 300 g/mol. The number of aromatic nitrogens is 2. The normalized spacial score (nSPS) is 15.3. The van der Waals surface area contributed by atoms with Gasteiger partial charge in [0.15, 0.2) is 0 Å². The average Bonchev–Trinajstić information content (AvgIpc) is 2.51. The Kier molecular flexibility index (Phi) is 4.00. The van der Waals surface area contributed by atoms with Gasteiger partial charge in [0.05, 0.1) is 6.54 Å². The van der Waals surface area contributed by atoms with Crippen LogP contribution in [0.4, 0.5) is 10.2 Å². The first-order valence-corrected chi connectivity index (χ1v) is 7.18. The van der Waals surface area contributed by atoms with E-state index >= 15 is 0 Å². The molecule has 0 bridgehead atoms. The number of benzene rings is 1. The predicted molar refractivity (Wildman–Crippen MR) is 80.8 cm³/mol. The zero-order valence-corrected chi connectivity index (χ0v) is 12.4. The molecular formula is C16H17FN4O. The summed E-state index contributed by atoms with van der Waals surface area (Å²) in [5.74, 6) is 1.26. The number of carbonyl (C=O) groups excluding carboxylic acids is 1. The number of hydrogen-bond acceptors (Lipinski definition) is 4. The van der Waals surface area contributed by atoms with Crippen LogP contribution >= 0.6 is 0 Å². The van der Waals surface area contributed by atoms with Gasteiger partial charge in [-0.05, 0) is 30.7 Å². The van der Waals surface area contributed by atoms with Gasteiger partial charge in [-0.1, -0.05) is 12.1 Å². The van der Waals surface area contributed by atoms with Crippen LogP contribution in [0.3, 0.4) is 0 Å². The van der Waals surface area contributed by atoms with E-state index < -0.39 is 0 Å². The molecular weight excluding hydrogens is 283 g/mol. The molecule has 5 nitrogen and oxygen atoms in total. The van der Waals surface area contributed by atoms with Crippen molar-refractivity contribution < 1.29 is 9.18 Å². The van der Waals surface area contributed by atoms with E-state index in [0.29, 0.717) is 25.5 Å². The molecule has 2 aromatic rings. The van der Waals surface area contributed by atoms with E-state index in [9.17, 15) is 9.18 Å². The van der Waals surface area contributed by atoms with Crippen molar-refractivity contribution in [1.29, 1.82) is 0 Å². The fourth-order valence-electron chi connectivity index (χ4n) is 2.50. The zero-order valence-electron chi connectivity index (χ0n) is 12.4. The van der Waals surface area contributed by atoms with Gasteiger partial charge in [-0.25, -0.2) is 14.4 Å².